The normalized spacial score (nSPS) is 15.3. The lowest BCUT2D eigenvalue weighted by molar-refractivity contribution is 1.19. The molecular weight excluding hydrogens is 230 g/mol. The Morgan fingerprint density at radius 1 is 0.789 bits per heavy atom. The van der Waals surface area contributed by atoms with E-state index in [2.05, 4.69) is 49.3 Å². The zero-order chi connectivity index (χ0) is 13.2. The first-order valence-electron chi connectivity index (χ1n) is 6.63. The lowest BCUT2D eigenvalue weighted by Gasteiger charge is -2.08. The Kier molecular flexibility index (Phi) is 3.04. The number of nitrogens with zero attached hydrogens (tertiary/aromatic N) is 1. The van der Waals surface area contributed by atoms with E-state index in [1.165, 1.54) is 21.6 Å². The number of fused-ring (bicyclic) bond motifs is 1. The summed E-state index contributed by atoms with van der Waals surface area (Å²) in [5.41, 5.74) is 3.81. The first-order valence-corrected chi connectivity index (χ1v) is 6.63. The van der Waals surface area contributed by atoms with E-state index in [1.54, 1.807) is 0 Å². The van der Waals surface area contributed by atoms with Crippen molar-refractivity contribution in [1.82, 2.24) is 0 Å². The largest absolute Gasteiger partial charge is 0.260 e. The SMILES string of the molecule is CC1=c2ccccc2=C(C)C1C=Nc1ccccc1. The van der Waals surface area contributed by atoms with Crippen LogP contribution in [-0.2, 0) is 0 Å². The number of hydrogen-bond donors (Lipinski definition) is 0. The van der Waals surface area contributed by atoms with Crippen LogP contribution in [0.2, 0.25) is 0 Å². The molecule has 0 saturated heterocycles. The van der Waals surface area contributed by atoms with E-state index in [9.17, 15) is 0 Å². The summed E-state index contributed by atoms with van der Waals surface area (Å²) in [5, 5.41) is 2.73. The van der Waals surface area contributed by atoms with Gasteiger partial charge in [-0.05, 0) is 36.4 Å². The monoisotopic (exact) mass is 247 g/mol. The van der Waals surface area contributed by atoms with Gasteiger partial charge < -0.3 is 0 Å². The molecule has 1 aliphatic carbocycles. The van der Waals surface area contributed by atoms with Gasteiger partial charge in [-0.1, -0.05) is 53.6 Å². The van der Waals surface area contributed by atoms with E-state index in [-0.39, 0.29) is 0 Å². The summed E-state index contributed by atoms with van der Waals surface area (Å²) in [6.45, 7) is 4.41. The first-order chi connectivity index (χ1) is 9.27. The van der Waals surface area contributed by atoms with Crippen molar-refractivity contribution in [2.75, 3.05) is 0 Å². The third kappa shape index (κ3) is 2.12. The maximum absolute atomic E-state index is 4.61. The maximum Gasteiger partial charge on any atom is 0.0626 e. The minimum atomic E-state index is 0.331. The van der Waals surface area contributed by atoms with Crippen molar-refractivity contribution in [3.8, 4) is 0 Å². The van der Waals surface area contributed by atoms with Gasteiger partial charge in [-0.3, -0.25) is 4.99 Å². The molecule has 1 nitrogen and oxygen atoms in total. The summed E-state index contributed by atoms with van der Waals surface area (Å²) in [5.74, 6) is 0.331. The molecule has 2 aromatic rings. The van der Waals surface area contributed by atoms with Crippen molar-refractivity contribution in [3.05, 3.63) is 65.0 Å². The van der Waals surface area contributed by atoms with Crippen LogP contribution >= 0.6 is 0 Å². The van der Waals surface area contributed by atoms with Crippen LogP contribution in [0.1, 0.15) is 13.8 Å². The molecule has 0 N–H and O–H groups in total. The van der Waals surface area contributed by atoms with Crippen molar-refractivity contribution in [2.45, 2.75) is 13.8 Å². The van der Waals surface area contributed by atoms with Crippen LogP contribution in [-0.4, -0.2) is 6.21 Å². The van der Waals surface area contributed by atoms with Gasteiger partial charge in [0.25, 0.3) is 0 Å². The third-order valence-corrected chi connectivity index (χ3v) is 3.84. The van der Waals surface area contributed by atoms with E-state index in [0.29, 0.717) is 5.92 Å². The summed E-state index contributed by atoms with van der Waals surface area (Å²) in [7, 11) is 0. The van der Waals surface area contributed by atoms with Gasteiger partial charge in [0, 0.05) is 12.1 Å². The van der Waals surface area contributed by atoms with Gasteiger partial charge in [-0.25, -0.2) is 0 Å². The van der Waals surface area contributed by atoms with Crippen LogP contribution in [0.4, 0.5) is 5.69 Å². The zero-order valence-electron chi connectivity index (χ0n) is 11.3. The molecule has 0 amide bonds. The molecule has 2 aromatic carbocycles. The Bertz CT molecular complexity index is 698. The number of rotatable bonds is 2. The second kappa shape index (κ2) is 4.85. The molecule has 0 radical (unpaired) electrons. The molecule has 0 spiro atoms. The van der Waals surface area contributed by atoms with Gasteiger partial charge >= 0.3 is 0 Å². The molecule has 0 aliphatic heterocycles. The highest BCUT2D eigenvalue weighted by molar-refractivity contribution is 5.90. The van der Waals surface area contributed by atoms with Crippen LogP contribution in [0.3, 0.4) is 0 Å². The van der Waals surface area contributed by atoms with Gasteiger partial charge in [0.1, 0.15) is 0 Å². The molecule has 0 aromatic heterocycles. The molecule has 0 fully saturated rings. The fraction of sp³-hybridized carbons (Fsp3) is 0.167. The standard InChI is InChI=1S/C18H17N/c1-13-16-10-6-7-11-17(16)14(2)18(13)12-19-15-8-4-3-5-9-15/h3-12,18H,1-2H3. The number of benzene rings is 2. The molecule has 1 heteroatoms. The highest BCUT2D eigenvalue weighted by Crippen LogP contribution is 2.22. The second-order valence-corrected chi connectivity index (χ2v) is 5.00. The van der Waals surface area contributed by atoms with E-state index in [1.807, 2.05) is 30.3 Å². The molecule has 0 unspecified atom stereocenters. The molecule has 94 valence electrons. The fourth-order valence-electron chi connectivity index (χ4n) is 2.73. The maximum atomic E-state index is 4.61. The van der Waals surface area contributed by atoms with E-state index < -0.39 is 0 Å². The molecule has 0 bridgehead atoms. The van der Waals surface area contributed by atoms with Gasteiger partial charge in [-0.15, -0.1) is 0 Å². The molecule has 3 rings (SSSR count). The van der Waals surface area contributed by atoms with Crippen molar-refractivity contribution >= 4 is 23.0 Å². The first kappa shape index (κ1) is 11.9. The highest BCUT2D eigenvalue weighted by atomic mass is 14.7. The zero-order valence-corrected chi connectivity index (χ0v) is 11.3. The summed E-state index contributed by atoms with van der Waals surface area (Å²) in [6.07, 6.45) is 2.07. The molecule has 0 heterocycles. The van der Waals surface area contributed by atoms with Gasteiger partial charge in [0.05, 0.1) is 5.69 Å². The van der Waals surface area contributed by atoms with Crippen molar-refractivity contribution in [3.63, 3.8) is 0 Å². The Hall–Kier alpha value is -2.15. The van der Waals surface area contributed by atoms with Crippen LogP contribution in [0.25, 0.3) is 11.1 Å². The van der Waals surface area contributed by atoms with Gasteiger partial charge in [-0.2, -0.15) is 0 Å². The molecule has 19 heavy (non-hydrogen) atoms. The predicted molar refractivity (Wildman–Crippen MR) is 81.9 cm³/mol. The van der Waals surface area contributed by atoms with E-state index in [0.717, 1.165) is 5.69 Å². The lowest BCUT2D eigenvalue weighted by Crippen LogP contribution is -2.22. The number of hydrogen-bond acceptors (Lipinski definition) is 1. The fourth-order valence-corrected chi connectivity index (χ4v) is 2.73. The minimum Gasteiger partial charge on any atom is -0.260 e. The average molecular weight is 247 g/mol. The van der Waals surface area contributed by atoms with Gasteiger partial charge in [0.15, 0.2) is 0 Å². The lowest BCUT2D eigenvalue weighted by atomic mass is 9.98. The Morgan fingerprint density at radius 3 is 1.89 bits per heavy atom. The average Bonchev–Trinajstić information content (AvgIpc) is 2.71. The summed E-state index contributed by atoms with van der Waals surface area (Å²) >= 11 is 0. The van der Waals surface area contributed by atoms with Crippen LogP contribution < -0.4 is 10.4 Å². The summed E-state index contributed by atoms with van der Waals surface area (Å²) < 4.78 is 0. The molecule has 0 saturated carbocycles. The van der Waals surface area contributed by atoms with Crippen molar-refractivity contribution < 1.29 is 0 Å². The van der Waals surface area contributed by atoms with Crippen molar-refractivity contribution in [2.24, 2.45) is 10.9 Å². The highest BCUT2D eigenvalue weighted by Gasteiger charge is 2.17. The van der Waals surface area contributed by atoms with Gasteiger partial charge in [0.2, 0.25) is 0 Å². The molecule has 1 aliphatic rings. The quantitative estimate of drug-likeness (QED) is 0.723. The van der Waals surface area contributed by atoms with Crippen molar-refractivity contribution in [1.29, 1.82) is 0 Å². The topological polar surface area (TPSA) is 12.4 Å². The van der Waals surface area contributed by atoms with Crippen LogP contribution in [0.5, 0.6) is 0 Å². The summed E-state index contributed by atoms with van der Waals surface area (Å²) in [6, 6.07) is 18.7. The minimum absolute atomic E-state index is 0.331. The van der Waals surface area contributed by atoms with E-state index in [4.69, 9.17) is 0 Å². The van der Waals surface area contributed by atoms with Crippen LogP contribution in [0.15, 0.2) is 59.6 Å². The van der Waals surface area contributed by atoms with E-state index >= 15 is 0 Å². The molecule has 0 atom stereocenters. The van der Waals surface area contributed by atoms with Crippen LogP contribution in [0, 0.1) is 5.92 Å². The third-order valence-electron chi connectivity index (χ3n) is 3.84. The second-order valence-electron chi connectivity index (χ2n) is 5.00. The number of para-hydroxylation sites is 1. The Labute approximate surface area is 113 Å². The smallest absolute Gasteiger partial charge is 0.0626 e. The Balaban J connectivity index is 2.01. The summed E-state index contributed by atoms with van der Waals surface area (Å²) in [4.78, 5) is 4.61. The predicted octanol–water partition coefficient (Wildman–Crippen LogP) is 3.06. The molecular formula is C18H17N. The number of aliphatic imine (C=N–C) groups is 1. The Morgan fingerprint density at radius 2 is 1.32 bits per heavy atom.